The van der Waals surface area contributed by atoms with E-state index in [2.05, 4.69) is 158 Å². The number of furan rings is 2. The molecule has 0 saturated carbocycles. The van der Waals surface area contributed by atoms with E-state index in [0.29, 0.717) is 0 Å². The number of benzene rings is 9. The summed E-state index contributed by atoms with van der Waals surface area (Å²) in [6.45, 7) is 0. The Labute approximate surface area is 299 Å². The average Bonchev–Trinajstić information content (AvgIpc) is 3.78. The lowest BCUT2D eigenvalue weighted by atomic mass is 9.85. The zero-order chi connectivity index (χ0) is 34.2. The fourth-order valence-electron chi connectivity index (χ4n) is 8.38. The van der Waals surface area contributed by atoms with Crippen molar-refractivity contribution in [1.82, 2.24) is 0 Å². The van der Waals surface area contributed by atoms with Crippen LogP contribution in [0.15, 0.2) is 191 Å². The van der Waals surface area contributed by atoms with Crippen molar-refractivity contribution < 1.29 is 8.83 Å². The number of hydrogen-bond acceptors (Lipinski definition) is 2. The number of hydrogen-bond donors (Lipinski definition) is 0. The van der Waals surface area contributed by atoms with E-state index in [1.54, 1.807) is 0 Å². The van der Waals surface area contributed by atoms with Crippen LogP contribution in [0.2, 0.25) is 0 Å². The summed E-state index contributed by atoms with van der Waals surface area (Å²) in [7, 11) is 0. The Hall–Kier alpha value is -6.90. The first-order chi connectivity index (χ1) is 25.8. The summed E-state index contributed by atoms with van der Waals surface area (Å²) < 4.78 is 12.8. The Morgan fingerprint density at radius 3 is 1.37 bits per heavy atom. The highest BCUT2D eigenvalue weighted by molar-refractivity contribution is 6.22. The van der Waals surface area contributed by atoms with Crippen LogP contribution < -0.4 is 0 Å². The summed E-state index contributed by atoms with van der Waals surface area (Å²) in [4.78, 5) is 0. The van der Waals surface area contributed by atoms with Crippen molar-refractivity contribution in [2.75, 3.05) is 0 Å². The monoisotopic (exact) mass is 662 g/mol. The molecule has 2 heterocycles. The van der Waals surface area contributed by atoms with Crippen LogP contribution in [-0.2, 0) is 0 Å². The highest BCUT2D eigenvalue weighted by atomic mass is 16.3. The SMILES string of the molecule is c1ccc(-c2cccc3c2oc2ccccc23)c(-c2ccc(-c3c4ccccc4c(-c4ccc5c(c4)oc4ccccc45)c4ccccc34)cc2)c1. The molecule has 242 valence electrons. The van der Waals surface area contributed by atoms with Crippen LogP contribution in [-0.4, -0.2) is 0 Å². The van der Waals surface area contributed by atoms with Gasteiger partial charge in [0.05, 0.1) is 0 Å². The van der Waals surface area contributed by atoms with Gasteiger partial charge in [0.15, 0.2) is 0 Å². The Morgan fingerprint density at radius 2 is 0.692 bits per heavy atom. The molecule has 0 radical (unpaired) electrons. The second-order valence-corrected chi connectivity index (χ2v) is 13.6. The normalized spacial score (nSPS) is 11.8. The summed E-state index contributed by atoms with van der Waals surface area (Å²) in [5.74, 6) is 0. The van der Waals surface area contributed by atoms with Gasteiger partial charge in [0.25, 0.3) is 0 Å². The van der Waals surface area contributed by atoms with Crippen LogP contribution in [0.1, 0.15) is 0 Å². The molecular weight excluding hydrogens is 633 g/mol. The number of para-hydroxylation sites is 3. The predicted molar refractivity (Wildman–Crippen MR) is 218 cm³/mol. The summed E-state index contributed by atoms with van der Waals surface area (Å²) in [5.41, 5.74) is 13.0. The molecule has 11 rings (SSSR count). The third kappa shape index (κ3) is 4.31. The lowest BCUT2D eigenvalue weighted by Crippen LogP contribution is -1.91. The van der Waals surface area contributed by atoms with Gasteiger partial charge in [-0.1, -0.05) is 158 Å². The minimum atomic E-state index is 0.906. The van der Waals surface area contributed by atoms with Crippen LogP contribution in [0.3, 0.4) is 0 Å². The molecule has 0 saturated heterocycles. The van der Waals surface area contributed by atoms with Crippen molar-refractivity contribution >= 4 is 65.4 Å². The summed E-state index contributed by atoms with van der Waals surface area (Å²) in [6.07, 6.45) is 0. The fraction of sp³-hybridized carbons (Fsp3) is 0. The van der Waals surface area contributed by atoms with E-state index in [1.165, 1.54) is 43.8 Å². The van der Waals surface area contributed by atoms with Crippen molar-refractivity contribution in [3.05, 3.63) is 182 Å². The van der Waals surface area contributed by atoms with Crippen molar-refractivity contribution in [3.8, 4) is 44.5 Å². The zero-order valence-electron chi connectivity index (χ0n) is 28.1. The highest BCUT2D eigenvalue weighted by Crippen LogP contribution is 2.46. The Morgan fingerprint density at radius 1 is 0.250 bits per heavy atom. The van der Waals surface area contributed by atoms with Crippen LogP contribution in [0, 0.1) is 0 Å². The predicted octanol–water partition coefficient (Wildman–Crippen LogP) is 14.5. The first-order valence-electron chi connectivity index (χ1n) is 17.8. The molecule has 0 N–H and O–H groups in total. The molecule has 9 aromatic carbocycles. The van der Waals surface area contributed by atoms with Gasteiger partial charge in [-0.3, -0.25) is 0 Å². The molecule has 0 bridgehead atoms. The molecule has 52 heavy (non-hydrogen) atoms. The van der Waals surface area contributed by atoms with Gasteiger partial charge >= 0.3 is 0 Å². The molecule has 0 aliphatic heterocycles. The van der Waals surface area contributed by atoms with Crippen LogP contribution in [0.5, 0.6) is 0 Å². The molecule has 2 aromatic heterocycles. The minimum Gasteiger partial charge on any atom is -0.456 e. The van der Waals surface area contributed by atoms with E-state index in [0.717, 1.165) is 66.1 Å². The summed E-state index contributed by atoms with van der Waals surface area (Å²) in [5, 5.41) is 9.46. The Kier molecular flexibility index (Phi) is 6.28. The molecule has 2 heteroatoms. The molecular formula is C50H30O2. The topological polar surface area (TPSA) is 26.3 Å². The maximum absolute atomic E-state index is 6.46. The van der Waals surface area contributed by atoms with Gasteiger partial charge in [-0.15, -0.1) is 0 Å². The standard InChI is InChI=1S/C50H30O2/c1-2-13-35(43-20-11-21-44-37-15-8-10-23-46(37)52-50(43)44)34(12-1)31-24-26-32(27-25-31)48-39-16-3-5-18-41(39)49(42-19-6-4-17-40(42)48)33-28-29-38-36-14-7-9-22-45(36)51-47(38)30-33/h1-30H. The quantitative estimate of drug-likeness (QED) is 0.175. The first-order valence-corrected chi connectivity index (χ1v) is 17.8. The fourth-order valence-corrected chi connectivity index (χ4v) is 8.38. The molecule has 0 atom stereocenters. The lowest BCUT2D eigenvalue weighted by molar-refractivity contribution is 0.669. The Bertz CT molecular complexity index is 3120. The minimum absolute atomic E-state index is 0.906. The van der Waals surface area contributed by atoms with Crippen LogP contribution in [0.25, 0.3) is 110 Å². The van der Waals surface area contributed by atoms with Gasteiger partial charge in [0.1, 0.15) is 22.3 Å². The molecule has 0 fully saturated rings. The maximum atomic E-state index is 6.46. The van der Waals surface area contributed by atoms with Crippen LogP contribution in [0.4, 0.5) is 0 Å². The average molecular weight is 663 g/mol. The summed E-state index contributed by atoms with van der Waals surface area (Å²) >= 11 is 0. The molecule has 0 aliphatic rings. The third-order valence-corrected chi connectivity index (χ3v) is 10.7. The second kappa shape index (κ2) is 11.3. The van der Waals surface area contributed by atoms with Crippen molar-refractivity contribution in [3.63, 3.8) is 0 Å². The van der Waals surface area contributed by atoms with E-state index in [9.17, 15) is 0 Å². The van der Waals surface area contributed by atoms with Crippen LogP contribution >= 0.6 is 0 Å². The number of fused-ring (bicyclic) bond motifs is 8. The second-order valence-electron chi connectivity index (χ2n) is 13.6. The van der Waals surface area contributed by atoms with E-state index in [4.69, 9.17) is 8.83 Å². The van der Waals surface area contributed by atoms with Gasteiger partial charge in [0.2, 0.25) is 0 Å². The van der Waals surface area contributed by atoms with E-state index >= 15 is 0 Å². The molecule has 0 spiro atoms. The Balaban J connectivity index is 1.07. The largest absolute Gasteiger partial charge is 0.456 e. The first kappa shape index (κ1) is 28.9. The zero-order valence-corrected chi connectivity index (χ0v) is 28.1. The van der Waals surface area contributed by atoms with Gasteiger partial charge in [-0.05, 0) is 84.8 Å². The molecule has 11 aromatic rings. The van der Waals surface area contributed by atoms with E-state index in [-0.39, 0.29) is 0 Å². The molecule has 2 nitrogen and oxygen atoms in total. The van der Waals surface area contributed by atoms with Gasteiger partial charge in [-0.25, -0.2) is 0 Å². The van der Waals surface area contributed by atoms with Crippen molar-refractivity contribution in [2.24, 2.45) is 0 Å². The third-order valence-electron chi connectivity index (χ3n) is 10.7. The summed E-state index contributed by atoms with van der Waals surface area (Å²) in [6, 6.07) is 65.0. The maximum Gasteiger partial charge on any atom is 0.143 e. The van der Waals surface area contributed by atoms with Gasteiger partial charge < -0.3 is 8.83 Å². The smallest absolute Gasteiger partial charge is 0.143 e. The van der Waals surface area contributed by atoms with Gasteiger partial charge in [-0.2, -0.15) is 0 Å². The van der Waals surface area contributed by atoms with E-state index < -0.39 is 0 Å². The highest BCUT2D eigenvalue weighted by Gasteiger charge is 2.19. The van der Waals surface area contributed by atoms with Gasteiger partial charge in [0, 0.05) is 27.1 Å². The molecule has 0 amide bonds. The van der Waals surface area contributed by atoms with E-state index in [1.807, 2.05) is 24.3 Å². The molecule has 0 unspecified atom stereocenters. The molecule has 0 aliphatic carbocycles. The number of rotatable bonds is 4. The van der Waals surface area contributed by atoms with Crippen molar-refractivity contribution in [2.45, 2.75) is 0 Å². The van der Waals surface area contributed by atoms with Crippen molar-refractivity contribution in [1.29, 1.82) is 0 Å². The lowest BCUT2D eigenvalue weighted by Gasteiger charge is -2.18.